The average Bonchev–Trinajstić information content (AvgIpc) is 0.515. The van der Waals surface area contributed by atoms with Gasteiger partial charge in [0.05, 0.1) is 73.0 Å². The lowest BCUT2D eigenvalue weighted by Gasteiger charge is -2.16. The van der Waals surface area contributed by atoms with Crippen molar-refractivity contribution >= 4 is 65.4 Å². The molecule has 12 nitrogen and oxygen atoms in total. The monoisotopic (exact) mass is 1830 g/mol. The second-order valence-corrected chi connectivity index (χ2v) is 36.0. The van der Waals surface area contributed by atoms with Gasteiger partial charge in [0.1, 0.15) is 0 Å². The van der Waals surface area contributed by atoms with Gasteiger partial charge in [-0.25, -0.2) is 44.9 Å². The van der Waals surface area contributed by atoms with Crippen molar-refractivity contribution in [3.63, 3.8) is 0 Å². The van der Waals surface area contributed by atoms with E-state index >= 15 is 0 Å². The van der Waals surface area contributed by atoms with E-state index in [1.807, 2.05) is 153 Å². The molecule has 0 amide bonds. The number of benzene rings is 16. The fraction of sp³-hybridized carbons (Fsp3) is 0.0382. The molecule has 0 fully saturated rings. The molecule has 25 aromatic rings. The molecule has 0 bridgehead atoms. The van der Waals surface area contributed by atoms with Crippen molar-refractivity contribution in [1.29, 1.82) is 0 Å². The molecule has 0 radical (unpaired) electrons. The van der Waals surface area contributed by atoms with Gasteiger partial charge < -0.3 is 0 Å². The standard InChI is InChI=1S/C49H36N4.C42H29N3.C40H27N5/c1-32(2)44-30-42(38-21-13-23-40(29-38)49-52-45(34-16-8-4-9-17-34)31-46(53-49)35-18-10-5-11-19-35)41-26-24-36-25-27-43(50-47(36)48(41)51-44)39-22-12-20-37(28-39)33-14-6-3-7-15-33;1-28-25-37(36-23-21-32-22-24-38(30-15-7-3-8-16-30)45-41(32)42(36)43-28)34-19-11-12-20-35(34)40-27-33(29-13-5-2-6-14-29)26-39(44-40)31-17-9-4-10-18-31;1-26-24-34(33-22-20-28-21-23-35(27-12-5-2-6-13-27)42-36(28)37(33)41-26)31-18-11-19-32(25-31)40-44-38(29-14-7-3-8-15-29)43-39(45-40)30-16-9-4-10-17-30/h3-32H,1-2H3;2-27H,1H3;2-25H,1H3. The normalized spacial score (nSPS) is 11.3. The van der Waals surface area contributed by atoms with Crippen LogP contribution in [0.3, 0.4) is 0 Å². The molecule has 0 aliphatic rings. The van der Waals surface area contributed by atoms with Crippen molar-refractivity contribution in [2.75, 3.05) is 0 Å². The first kappa shape index (κ1) is 88.2. The molecule has 0 saturated heterocycles. The summed E-state index contributed by atoms with van der Waals surface area (Å²) in [5.41, 5.74) is 37.3. The van der Waals surface area contributed by atoms with Crippen molar-refractivity contribution in [3.05, 3.63) is 496 Å². The van der Waals surface area contributed by atoms with E-state index in [0.717, 1.165) is 228 Å². The van der Waals surface area contributed by atoms with Crippen LogP contribution in [0.4, 0.5) is 0 Å². The maximum atomic E-state index is 5.30. The number of aromatic nitrogens is 12. The minimum Gasteiger partial charge on any atom is -0.251 e. The molecule has 0 spiro atoms. The van der Waals surface area contributed by atoms with Crippen LogP contribution in [0, 0.1) is 13.8 Å². The zero-order chi connectivity index (χ0) is 96.1. The summed E-state index contributed by atoms with van der Waals surface area (Å²) in [4.78, 5) is 61.1. The minimum absolute atomic E-state index is 0.224. The summed E-state index contributed by atoms with van der Waals surface area (Å²) in [7, 11) is 0. The summed E-state index contributed by atoms with van der Waals surface area (Å²) in [5.74, 6) is 2.81. The van der Waals surface area contributed by atoms with Gasteiger partial charge in [-0.2, -0.15) is 0 Å². The number of fused-ring (bicyclic) bond motifs is 9. The lowest BCUT2D eigenvalue weighted by molar-refractivity contribution is 0.831. The Morgan fingerprint density at radius 2 is 0.441 bits per heavy atom. The first-order valence-corrected chi connectivity index (χ1v) is 48.2. The molecule has 0 saturated carbocycles. The molecule has 0 unspecified atom stereocenters. The van der Waals surface area contributed by atoms with Crippen molar-refractivity contribution in [3.8, 4) is 180 Å². The van der Waals surface area contributed by atoms with Crippen molar-refractivity contribution in [2.45, 2.75) is 33.6 Å². The zero-order valence-corrected chi connectivity index (χ0v) is 79.1. The Bertz CT molecular complexity index is 8860. The van der Waals surface area contributed by atoms with Crippen LogP contribution in [0.5, 0.6) is 0 Å². The Morgan fingerprint density at radius 1 is 0.147 bits per heavy atom. The van der Waals surface area contributed by atoms with Crippen molar-refractivity contribution in [2.24, 2.45) is 0 Å². The smallest absolute Gasteiger partial charge is 0.164 e. The summed E-state index contributed by atoms with van der Waals surface area (Å²) in [6.07, 6.45) is 0. The van der Waals surface area contributed by atoms with Gasteiger partial charge in [0.15, 0.2) is 23.3 Å². The second kappa shape index (κ2) is 39.4. The first-order chi connectivity index (χ1) is 70.5. The van der Waals surface area contributed by atoms with Crippen LogP contribution in [0.25, 0.3) is 245 Å². The molecule has 9 heterocycles. The highest BCUT2D eigenvalue weighted by atomic mass is 15.0. The molecule has 16 aromatic carbocycles. The van der Waals surface area contributed by atoms with Crippen LogP contribution in [0.1, 0.15) is 36.8 Å². The van der Waals surface area contributed by atoms with E-state index in [9.17, 15) is 0 Å². The number of rotatable bonds is 17. The Balaban J connectivity index is 0.000000120. The minimum atomic E-state index is 0.224. The van der Waals surface area contributed by atoms with Gasteiger partial charge in [-0.15, -0.1) is 0 Å². The fourth-order valence-corrected chi connectivity index (χ4v) is 18.9. The summed E-state index contributed by atoms with van der Waals surface area (Å²) in [6.45, 7) is 8.49. The number of hydrogen-bond donors (Lipinski definition) is 0. The van der Waals surface area contributed by atoms with Gasteiger partial charge in [0.25, 0.3) is 0 Å². The highest BCUT2D eigenvalue weighted by Gasteiger charge is 2.24. The number of pyridine rings is 7. The van der Waals surface area contributed by atoms with E-state index in [4.69, 9.17) is 59.8 Å². The van der Waals surface area contributed by atoms with E-state index in [1.54, 1.807) is 0 Å². The third kappa shape index (κ3) is 18.6. The van der Waals surface area contributed by atoms with Gasteiger partial charge in [-0.1, -0.05) is 420 Å². The summed E-state index contributed by atoms with van der Waals surface area (Å²) < 4.78 is 0. The maximum Gasteiger partial charge on any atom is 0.164 e. The Hall–Kier alpha value is -18.8. The van der Waals surface area contributed by atoms with E-state index in [-0.39, 0.29) is 5.92 Å². The molecule has 676 valence electrons. The molecule has 12 heteroatoms. The van der Waals surface area contributed by atoms with E-state index in [2.05, 4.69) is 354 Å². The highest BCUT2D eigenvalue weighted by molar-refractivity contribution is 6.12. The lowest BCUT2D eigenvalue weighted by atomic mass is 9.92. The molecule has 0 N–H and O–H groups in total. The lowest BCUT2D eigenvalue weighted by Crippen LogP contribution is -2.00. The van der Waals surface area contributed by atoms with Crippen LogP contribution in [-0.2, 0) is 0 Å². The number of nitrogens with zero attached hydrogens (tertiary/aromatic N) is 12. The van der Waals surface area contributed by atoms with E-state index in [0.29, 0.717) is 23.3 Å². The van der Waals surface area contributed by atoms with Gasteiger partial charge in [-0.3, -0.25) is 15.0 Å². The zero-order valence-electron chi connectivity index (χ0n) is 79.1. The van der Waals surface area contributed by atoms with Crippen molar-refractivity contribution in [1.82, 2.24) is 59.8 Å². The van der Waals surface area contributed by atoms with E-state index < -0.39 is 0 Å². The topological polar surface area (TPSA) is 155 Å². The molecule has 25 rings (SSSR count). The molecular weight excluding hydrogens is 1740 g/mol. The molecule has 9 aromatic heterocycles. The van der Waals surface area contributed by atoms with Crippen LogP contribution in [-0.4, -0.2) is 59.8 Å². The molecule has 0 atom stereocenters. The van der Waals surface area contributed by atoms with Crippen LogP contribution in [0.2, 0.25) is 0 Å². The Labute approximate surface area is 829 Å². The summed E-state index contributed by atoms with van der Waals surface area (Å²) in [6, 6.07) is 166. The molecule has 0 aliphatic heterocycles. The van der Waals surface area contributed by atoms with Gasteiger partial charge >= 0.3 is 0 Å². The quantitative estimate of drug-likeness (QED) is 0.0797. The Kier molecular flexibility index (Phi) is 24.3. The van der Waals surface area contributed by atoms with Gasteiger partial charge in [-0.05, 0) is 148 Å². The first-order valence-electron chi connectivity index (χ1n) is 48.2. The maximum absolute atomic E-state index is 5.30. The average molecular weight is 1830 g/mol. The largest absolute Gasteiger partial charge is 0.251 e. The van der Waals surface area contributed by atoms with Gasteiger partial charge in [0.2, 0.25) is 0 Å². The predicted octanol–water partition coefficient (Wildman–Crippen LogP) is 33.1. The van der Waals surface area contributed by atoms with Gasteiger partial charge in [0, 0.05) is 111 Å². The number of hydrogen-bond acceptors (Lipinski definition) is 12. The van der Waals surface area contributed by atoms with Crippen molar-refractivity contribution < 1.29 is 0 Å². The van der Waals surface area contributed by atoms with Crippen LogP contribution in [0.15, 0.2) is 479 Å². The molecule has 0 aliphatic carbocycles. The Morgan fingerprint density at radius 3 is 0.874 bits per heavy atom. The molecular formula is C131H92N12. The fourth-order valence-electron chi connectivity index (χ4n) is 18.9. The number of aryl methyl sites for hydroxylation is 2. The third-order valence-corrected chi connectivity index (χ3v) is 26.1. The highest BCUT2D eigenvalue weighted by Crippen LogP contribution is 2.44. The third-order valence-electron chi connectivity index (χ3n) is 26.1. The van der Waals surface area contributed by atoms with E-state index in [1.165, 1.54) is 11.1 Å². The summed E-state index contributed by atoms with van der Waals surface area (Å²) >= 11 is 0. The molecule has 143 heavy (non-hydrogen) atoms. The predicted molar refractivity (Wildman–Crippen MR) is 588 cm³/mol. The summed E-state index contributed by atoms with van der Waals surface area (Å²) in [5, 5.41) is 6.38. The second-order valence-electron chi connectivity index (χ2n) is 36.0. The van der Waals surface area contributed by atoms with Crippen LogP contribution < -0.4 is 0 Å². The van der Waals surface area contributed by atoms with Crippen LogP contribution >= 0.6 is 0 Å². The SMILES string of the molecule is CC(C)c1cc(-c2cccc(-c3nc(-c4ccccc4)cc(-c4ccccc4)n3)c2)c2ccc3ccc(-c4cccc(-c5ccccc5)c4)nc3c2n1.Cc1cc(-c2cccc(-c3nc(-c4ccccc4)nc(-c4ccccc4)n3)c2)c2ccc3ccc(-c4ccccc4)nc3c2n1.Cc1cc(-c2ccccc2-c2cc(-c3ccccc3)cc(-c3ccccc3)n2)c2ccc3ccc(-c4ccccc4)nc3c2n1.